The van der Waals surface area contributed by atoms with E-state index in [0.29, 0.717) is 10.6 Å². The minimum atomic E-state index is -4.11. The number of nitrogens with zero attached hydrogens (tertiary/aromatic N) is 3. The van der Waals surface area contributed by atoms with Gasteiger partial charge in [-0.05, 0) is 43.0 Å². The van der Waals surface area contributed by atoms with Crippen LogP contribution in [0, 0.1) is 10.1 Å². The van der Waals surface area contributed by atoms with Crippen LogP contribution in [-0.2, 0) is 26.2 Å². The van der Waals surface area contributed by atoms with Crippen molar-refractivity contribution in [2.45, 2.75) is 57.7 Å². The number of methoxy groups -OCH3 is 1. The molecule has 212 valence electrons. The van der Waals surface area contributed by atoms with Crippen molar-refractivity contribution in [1.82, 2.24) is 10.2 Å². The summed E-state index contributed by atoms with van der Waals surface area (Å²) in [4.78, 5) is 39.3. The molecule has 11 nitrogen and oxygen atoms in total. The summed E-state index contributed by atoms with van der Waals surface area (Å²) >= 11 is 6.02. The third-order valence-corrected chi connectivity index (χ3v) is 8.05. The van der Waals surface area contributed by atoms with E-state index in [1.807, 2.05) is 0 Å². The Labute approximate surface area is 233 Å². The Bertz CT molecular complexity index is 1300. The van der Waals surface area contributed by atoms with E-state index in [9.17, 15) is 28.1 Å². The highest BCUT2D eigenvalue weighted by Gasteiger charge is 2.34. The van der Waals surface area contributed by atoms with Crippen LogP contribution in [0.5, 0.6) is 5.75 Å². The van der Waals surface area contributed by atoms with Crippen LogP contribution < -0.4 is 14.4 Å². The molecule has 0 bridgehead atoms. The number of nitrogens with one attached hydrogen (secondary N) is 1. The Balaban J connectivity index is 2.00. The zero-order chi connectivity index (χ0) is 28.7. The highest BCUT2D eigenvalue weighted by molar-refractivity contribution is 7.92. The monoisotopic (exact) mass is 580 g/mol. The SMILES string of the molecule is CC[C@H](C(=O)NC1CCCC1)N(Cc1ccc(Cl)cc1)C(=O)CN(c1cc([N+](=O)[O-])ccc1OC)S(C)(=O)=O. The van der Waals surface area contributed by atoms with Crippen molar-refractivity contribution in [2.24, 2.45) is 0 Å². The molecule has 39 heavy (non-hydrogen) atoms. The van der Waals surface area contributed by atoms with Gasteiger partial charge in [-0.15, -0.1) is 0 Å². The minimum absolute atomic E-state index is 0.0241. The molecule has 13 heteroatoms. The molecule has 0 aromatic heterocycles. The Morgan fingerprint density at radius 3 is 2.36 bits per heavy atom. The number of anilines is 1. The van der Waals surface area contributed by atoms with E-state index in [2.05, 4.69) is 5.32 Å². The van der Waals surface area contributed by atoms with Crippen LogP contribution in [0.4, 0.5) is 11.4 Å². The maximum absolute atomic E-state index is 13.8. The van der Waals surface area contributed by atoms with E-state index in [0.717, 1.165) is 42.3 Å². The molecule has 0 heterocycles. The predicted octanol–water partition coefficient (Wildman–Crippen LogP) is 3.89. The second-order valence-electron chi connectivity index (χ2n) is 9.45. The van der Waals surface area contributed by atoms with E-state index in [1.54, 1.807) is 31.2 Å². The fourth-order valence-corrected chi connectivity index (χ4v) is 5.63. The number of nitro benzene ring substituents is 1. The van der Waals surface area contributed by atoms with Crippen LogP contribution in [0.15, 0.2) is 42.5 Å². The lowest BCUT2D eigenvalue weighted by atomic mass is 10.1. The van der Waals surface area contributed by atoms with E-state index in [4.69, 9.17) is 16.3 Å². The number of carbonyl (C=O) groups excluding carboxylic acids is 2. The first-order chi connectivity index (χ1) is 18.4. The molecule has 2 aromatic rings. The number of hydrogen-bond donors (Lipinski definition) is 1. The van der Waals surface area contributed by atoms with E-state index in [-0.39, 0.29) is 42.0 Å². The van der Waals surface area contributed by atoms with Crippen LogP contribution in [0.25, 0.3) is 0 Å². The summed E-state index contributed by atoms with van der Waals surface area (Å²) in [6, 6.07) is 9.42. The summed E-state index contributed by atoms with van der Waals surface area (Å²) in [6.07, 6.45) is 4.94. The number of non-ortho nitro benzene ring substituents is 1. The molecule has 3 rings (SSSR count). The Hall–Kier alpha value is -3.38. The lowest BCUT2D eigenvalue weighted by molar-refractivity contribution is -0.384. The van der Waals surface area contributed by atoms with Gasteiger partial charge in [0.25, 0.3) is 5.69 Å². The normalized spacial score (nSPS) is 14.5. The molecule has 2 aromatic carbocycles. The lowest BCUT2D eigenvalue weighted by Crippen LogP contribution is -2.53. The maximum Gasteiger partial charge on any atom is 0.271 e. The second kappa shape index (κ2) is 13.1. The van der Waals surface area contributed by atoms with Gasteiger partial charge in [0.15, 0.2) is 0 Å². The van der Waals surface area contributed by atoms with Crippen LogP contribution >= 0.6 is 11.6 Å². The third kappa shape index (κ3) is 7.82. The molecular weight excluding hydrogens is 548 g/mol. The number of ether oxygens (including phenoxy) is 1. The molecule has 0 unspecified atom stereocenters. The van der Waals surface area contributed by atoms with Crippen LogP contribution in [0.1, 0.15) is 44.6 Å². The molecule has 1 fully saturated rings. The lowest BCUT2D eigenvalue weighted by Gasteiger charge is -2.33. The quantitative estimate of drug-likeness (QED) is 0.297. The van der Waals surface area contributed by atoms with Gasteiger partial charge in [0.05, 0.1) is 18.3 Å². The standard InChI is InChI=1S/C26H33ClN4O7S/c1-4-22(26(33)28-20-7-5-6-8-20)29(16-18-9-11-19(27)12-10-18)25(32)17-30(39(3,36)37)23-15-21(31(34)35)13-14-24(23)38-2/h9-15,20,22H,4-8,16-17H2,1-3H3,(H,28,33)/t22-/m1/s1. The van der Waals surface area contributed by atoms with E-state index >= 15 is 0 Å². The molecule has 0 radical (unpaired) electrons. The van der Waals surface area contributed by atoms with Crippen molar-refractivity contribution < 1.29 is 27.7 Å². The van der Waals surface area contributed by atoms with Gasteiger partial charge in [0.2, 0.25) is 21.8 Å². The highest BCUT2D eigenvalue weighted by Crippen LogP contribution is 2.34. The van der Waals surface area contributed by atoms with Gasteiger partial charge in [-0.1, -0.05) is 43.5 Å². The summed E-state index contributed by atoms with van der Waals surface area (Å²) in [6.45, 7) is 1.10. The fraction of sp³-hybridized carbons (Fsp3) is 0.462. The number of sulfonamides is 1. The van der Waals surface area contributed by atoms with Gasteiger partial charge < -0.3 is 15.0 Å². The van der Waals surface area contributed by atoms with Gasteiger partial charge in [0, 0.05) is 29.7 Å². The number of carbonyl (C=O) groups is 2. The van der Waals surface area contributed by atoms with Gasteiger partial charge >= 0.3 is 0 Å². The fourth-order valence-electron chi connectivity index (χ4n) is 4.66. The summed E-state index contributed by atoms with van der Waals surface area (Å²) in [5, 5.41) is 14.9. The average Bonchev–Trinajstić information content (AvgIpc) is 3.40. The van der Waals surface area contributed by atoms with Crippen molar-refractivity contribution in [3.8, 4) is 5.75 Å². The largest absolute Gasteiger partial charge is 0.495 e. The first kappa shape index (κ1) is 30.2. The van der Waals surface area contributed by atoms with Gasteiger partial charge in [-0.25, -0.2) is 8.42 Å². The molecule has 0 saturated heterocycles. The molecule has 1 atom stereocenters. The van der Waals surface area contributed by atoms with Crippen LogP contribution in [-0.4, -0.2) is 62.0 Å². The van der Waals surface area contributed by atoms with Crippen molar-refractivity contribution >= 4 is 44.8 Å². The number of nitro groups is 1. The average molecular weight is 581 g/mol. The van der Waals surface area contributed by atoms with Crippen molar-refractivity contribution in [1.29, 1.82) is 0 Å². The second-order valence-corrected chi connectivity index (χ2v) is 11.8. The molecule has 1 N–H and O–H groups in total. The Morgan fingerprint density at radius 2 is 1.82 bits per heavy atom. The zero-order valence-electron chi connectivity index (χ0n) is 22.1. The minimum Gasteiger partial charge on any atom is -0.495 e. The van der Waals surface area contributed by atoms with E-state index in [1.165, 1.54) is 24.1 Å². The molecular formula is C26H33ClN4O7S. The summed E-state index contributed by atoms with van der Waals surface area (Å²) in [7, 11) is -2.81. The first-order valence-electron chi connectivity index (χ1n) is 12.6. The number of benzene rings is 2. The highest BCUT2D eigenvalue weighted by atomic mass is 35.5. The van der Waals surface area contributed by atoms with E-state index < -0.39 is 33.4 Å². The molecule has 1 aliphatic carbocycles. The number of halogens is 1. The molecule has 1 aliphatic rings. The van der Waals surface area contributed by atoms with Crippen LogP contribution in [0.2, 0.25) is 5.02 Å². The molecule has 2 amide bonds. The van der Waals surface area contributed by atoms with Gasteiger partial charge in [-0.3, -0.25) is 24.0 Å². The number of rotatable bonds is 12. The summed E-state index contributed by atoms with van der Waals surface area (Å²) in [5.74, 6) is -0.933. The zero-order valence-corrected chi connectivity index (χ0v) is 23.7. The Morgan fingerprint density at radius 1 is 1.18 bits per heavy atom. The smallest absolute Gasteiger partial charge is 0.271 e. The maximum atomic E-state index is 13.8. The Kier molecular flexibility index (Phi) is 10.1. The molecule has 0 spiro atoms. The third-order valence-electron chi connectivity index (χ3n) is 6.67. The first-order valence-corrected chi connectivity index (χ1v) is 14.8. The van der Waals surface area contributed by atoms with Crippen LogP contribution in [0.3, 0.4) is 0 Å². The topological polar surface area (TPSA) is 139 Å². The molecule has 0 aliphatic heterocycles. The van der Waals surface area contributed by atoms with Crippen molar-refractivity contribution in [3.05, 3.63) is 63.2 Å². The number of hydrogen-bond acceptors (Lipinski definition) is 7. The predicted molar refractivity (Wildman–Crippen MR) is 148 cm³/mol. The van der Waals surface area contributed by atoms with Crippen molar-refractivity contribution in [3.63, 3.8) is 0 Å². The van der Waals surface area contributed by atoms with Gasteiger partial charge in [-0.2, -0.15) is 0 Å². The summed E-state index contributed by atoms with van der Waals surface area (Å²) in [5.41, 5.74) is 0.170. The molecule has 1 saturated carbocycles. The van der Waals surface area contributed by atoms with Gasteiger partial charge in [0.1, 0.15) is 24.0 Å². The number of amides is 2. The van der Waals surface area contributed by atoms with Crippen molar-refractivity contribution in [2.75, 3.05) is 24.2 Å². The summed E-state index contributed by atoms with van der Waals surface area (Å²) < 4.78 is 31.8.